The fourth-order valence-corrected chi connectivity index (χ4v) is 1.55. The fourth-order valence-electron chi connectivity index (χ4n) is 1.55. The third-order valence-corrected chi connectivity index (χ3v) is 2.53. The minimum Gasteiger partial charge on any atom is -0.507 e. The Morgan fingerprint density at radius 2 is 1.65 bits per heavy atom. The van der Waals surface area contributed by atoms with Crippen LogP contribution in [-0.4, -0.2) is 16.9 Å². The number of carbonyl (C=O) groups is 2. The SMILES string of the molecule is O=C(NNC(=O)c1ccccc1O)c1cccc(F)c1. The van der Waals surface area contributed by atoms with Gasteiger partial charge in [-0.25, -0.2) is 4.39 Å². The van der Waals surface area contributed by atoms with Crippen LogP contribution in [0.1, 0.15) is 20.7 Å². The molecule has 0 unspecified atom stereocenters. The van der Waals surface area contributed by atoms with Crippen LogP contribution in [0.2, 0.25) is 0 Å². The van der Waals surface area contributed by atoms with Crippen molar-refractivity contribution in [2.45, 2.75) is 0 Å². The van der Waals surface area contributed by atoms with Crippen molar-refractivity contribution in [1.82, 2.24) is 10.9 Å². The molecule has 0 aliphatic rings. The number of amides is 2. The molecule has 2 amide bonds. The van der Waals surface area contributed by atoms with E-state index in [0.29, 0.717) is 0 Å². The van der Waals surface area contributed by atoms with Gasteiger partial charge in [-0.3, -0.25) is 20.4 Å². The first kappa shape index (κ1) is 13.5. The van der Waals surface area contributed by atoms with E-state index in [0.717, 1.165) is 6.07 Å². The molecule has 0 bridgehead atoms. The average Bonchev–Trinajstić information content (AvgIpc) is 2.45. The third-order valence-electron chi connectivity index (χ3n) is 2.53. The van der Waals surface area contributed by atoms with Gasteiger partial charge in [-0.05, 0) is 30.3 Å². The largest absolute Gasteiger partial charge is 0.507 e. The molecular formula is C14H11FN2O3. The van der Waals surface area contributed by atoms with E-state index in [1.165, 1.54) is 30.3 Å². The third kappa shape index (κ3) is 3.11. The van der Waals surface area contributed by atoms with Gasteiger partial charge >= 0.3 is 0 Å². The van der Waals surface area contributed by atoms with Gasteiger partial charge < -0.3 is 5.11 Å². The maximum Gasteiger partial charge on any atom is 0.273 e. The molecule has 0 fully saturated rings. The molecule has 5 nitrogen and oxygen atoms in total. The first-order valence-corrected chi connectivity index (χ1v) is 5.72. The van der Waals surface area contributed by atoms with Gasteiger partial charge in [-0.1, -0.05) is 18.2 Å². The van der Waals surface area contributed by atoms with Crippen LogP contribution in [0.15, 0.2) is 48.5 Å². The van der Waals surface area contributed by atoms with E-state index in [9.17, 15) is 19.1 Å². The van der Waals surface area contributed by atoms with Crippen LogP contribution < -0.4 is 10.9 Å². The van der Waals surface area contributed by atoms with Gasteiger partial charge in [0, 0.05) is 5.56 Å². The predicted octanol–water partition coefficient (Wildman–Crippen LogP) is 1.61. The van der Waals surface area contributed by atoms with Crippen LogP contribution in [0.4, 0.5) is 4.39 Å². The second kappa shape index (κ2) is 5.83. The number of hydrogen-bond acceptors (Lipinski definition) is 3. The van der Waals surface area contributed by atoms with Crippen LogP contribution in [-0.2, 0) is 0 Å². The summed E-state index contributed by atoms with van der Waals surface area (Å²) in [5.41, 5.74) is 4.36. The Morgan fingerprint density at radius 3 is 2.35 bits per heavy atom. The monoisotopic (exact) mass is 274 g/mol. The van der Waals surface area contributed by atoms with Gasteiger partial charge in [0.2, 0.25) is 0 Å². The second-order valence-electron chi connectivity index (χ2n) is 3.94. The number of carbonyl (C=O) groups excluding carboxylic acids is 2. The highest BCUT2D eigenvalue weighted by Crippen LogP contribution is 2.14. The summed E-state index contributed by atoms with van der Waals surface area (Å²) in [6.07, 6.45) is 0. The van der Waals surface area contributed by atoms with Crippen molar-refractivity contribution in [2.75, 3.05) is 0 Å². The van der Waals surface area contributed by atoms with Gasteiger partial charge in [0.1, 0.15) is 11.6 Å². The van der Waals surface area contributed by atoms with Crippen molar-refractivity contribution in [3.63, 3.8) is 0 Å². The molecule has 2 rings (SSSR count). The number of phenols is 1. The van der Waals surface area contributed by atoms with Crippen molar-refractivity contribution in [1.29, 1.82) is 0 Å². The van der Waals surface area contributed by atoms with E-state index >= 15 is 0 Å². The zero-order valence-electron chi connectivity index (χ0n) is 10.3. The van der Waals surface area contributed by atoms with Gasteiger partial charge in [0.25, 0.3) is 11.8 Å². The zero-order chi connectivity index (χ0) is 14.5. The van der Waals surface area contributed by atoms with E-state index in [-0.39, 0.29) is 16.9 Å². The van der Waals surface area contributed by atoms with Crippen molar-refractivity contribution >= 4 is 11.8 Å². The van der Waals surface area contributed by atoms with Gasteiger partial charge in [-0.15, -0.1) is 0 Å². The fraction of sp³-hybridized carbons (Fsp3) is 0. The molecule has 0 heterocycles. The second-order valence-corrected chi connectivity index (χ2v) is 3.94. The number of nitrogens with one attached hydrogen (secondary N) is 2. The van der Waals surface area contributed by atoms with Crippen molar-refractivity contribution < 1.29 is 19.1 Å². The number of hydrazine groups is 1. The standard InChI is InChI=1S/C14H11FN2O3/c15-10-5-3-4-9(8-10)13(19)16-17-14(20)11-6-1-2-7-12(11)18/h1-8,18H,(H,16,19)(H,17,20). The lowest BCUT2D eigenvalue weighted by Gasteiger charge is -2.08. The summed E-state index contributed by atoms with van der Waals surface area (Å²) < 4.78 is 12.9. The number of rotatable bonds is 2. The van der Waals surface area contributed by atoms with Crippen LogP contribution in [0.25, 0.3) is 0 Å². The van der Waals surface area contributed by atoms with Crippen molar-refractivity contribution in [3.8, 4) is 5.75 Å². The summed E-state index contributed by atoms with van der Waals surface area (Å²) in [6, 6.07) is 10.9. The number of aromatic hydroxyl groups is 1. The molecule has 6 heteroatoms. The first-order chi connectivity index (χ1) is 9.58. The minimum atomic E-state index is -0.673. The number of para-hydroxylation sites is 1. The van der Waals surface area contributed by atoms with E-state index in [1.54, 1.807) is 12.1 Å². The molecule has 0 atom stereocenters. The number of benzene rings is 2. The molecule has 0 saturated carbocycles. The molecule has 0 aromatic heterocycles. The number of hydrogen-bond donors (Lipinski definition) is 3. The average molecular weight is 274 g/mol. The van der Waals surface area contributed by atoms with E-state index in [1.807, 2.05) is 0 Å². The molecular weight excluding hydrogens is 263 g/mol. The molecule has 0 radical (unpaired) electrons. The lowest BCUT2D eigenvalue weighted by atomic mass is 10.2. The molecule has 2 aromatic carbocycles. The van der Waals surface area contributed by atoms with Gasteiger partial charge in [0.15, 0.2) is 0 Å². The Labute approximate surface area is 114 Å². The lowest BCUT2D eigenvalue weighted by Crippen LogP contribution is -2.41. The number of halogens is 1. The lowest BCUT2D eigenvalue weighted by molar-refractivity contribution is 0.0845. The van der Waals surface area contributed by atoms with E-state index < -0.39 is 17.6 Å². The summed E-state index contributed by atoms with van der Waals surface area (Å²) in [7, 11) is 0. The summed E-state index contributed by atoms with van der Waals surface area (Å²) in [5.74, 6) is -2.09. The summed E-state index contributed by atoms with van der Waals surface area (Å²) in [6.45, 7) is 0. The molecule has 20 heavy (non-hydrogen) atoms. The maximum absolute atomic E-state index is 12.9. The molecule has 102 valence electrons. The minimum absolute atomic E-state index is 0.0204. The highest BCUT2D eigenvalue weighted by atomic mass is 19.1. The summed E-state index contributed by atoms with van der Waals surface area (Å²) >= 11 is 0. The van der Waals surface area contributed by atoms with E-state index in [2.05, 4.69) is 10.9 Å². The highest BCUT2D eigenvalue weighted by Gasteiger charge is 2.12. The van der Waals surface area contributed by atoms with Crippen LogP contribution in [0, 0.1) is 5.82 Å². The van der Waals surface area contributed by atoms with Crippen LogP contribution in [0.5, 0.6) is 5.75 Å². The molecule has 0 spiro atoms. The van der Waals surface area contributed by atoms with Crippen molar-refractivity contribution in [3.05, 3.63) is 65.5 Å². The Kier molecular flexibility index (Phi) is 3.95. The summed E-state index contributed by atoms with van der Waals surface area (Å²) in [4.78, 5) is 23.4. The maximum atomic E-state index is 12.9. The molecule has 0 aliphatic carbocycles. The van der Waals surface area contributed by atoms with Gasteiger partial charge in [0.05, 0.1) is 5.56 Å². The summed E-state index contributed by atoms with van der Waals surface area (Å²) in [5, 5.41) is 9.48. The van der Waals surface area contributed by atoms with Gasteiger partial charge in [-0.2, -0.15) is 0 Å². The smallest absolute Gasteiger partial charge is 0.273 e. The Balaban J connectivity index is 2.01. The Morgan fingerprint density at radius 1 is 0.950 bits per heavy atom. The topological polar surface area (TPSA) is 78.4 Å². The molecule has 0 aliphatic heterocycles. The zero-order valence-corrected chi connectivity index (χ0v) is 10.3. The van der Waals surface area contributed by atoms with Crippen LogP contribution in [0.3, 0.4) is 0 Å². The normalized spacial score (nSPS) is 9.85. The molecule has 2 aromatic rings. The quantitative estimate of drug-likeness (QED) is 0.728. The molecule has 3 N–H and O–H groups in total. The Hall–Kier alpha value is -2.89. The van der Waals surface area contributed by atoms with E-state index in [4.69, 9.17) is 0 Å². The Bertz CT molecular complexity index is 658. The molecule has 0 saturated heterocycles. The predicted molar refractivity (Wildman–Crippen MR) is 69.4 cm³/mol. The number of phenolic OH excluding ortho intramolecular Hbond substituents is 1. The van der Waals surface area contributed by atoms with Crippen LogP contribution >= 0.6 is 0 Å². The highest BCUT2D eigenvalue weighted by molar-refractivity contribution is 6.00. The van der Waals surface area contributed by atoms with Crippen molar-refractivity contribution in [2.24, 2.45) is 0 Å². The first-order valence-electron chi connectivity index (χ1n) is 5.72.